The molecule has 0 saturated heterocycles. The third-order valence-corrected chi connectivity index (χ3v) is 14.7. The van der Waals surface area contributed by atoms with Crippen LogP contribution in [0.3, 0.4) is 0 Å². The van der Waals surface area contributed by atoms with Gasteiger partial charge in [-0.25, -0.2) is 0 Å². The van der Waals surface area contributed by atoms with E-state index in [-0.39, 0.29) is 8.46 Å². The lowest BCUT2D eigenvalue weighted by Crippen LogP contribution is -2.74. The molecule has 1 nitrogen and oxygen atoms in total. The molecule has 3 heteroatoms. The molecule has 222 valence electrons. The zero-order valence-corrected chi connectivity index (χ0v) is 27.6. The predicted molar refractivity (Wildman–Crippen MR) is 203 cm³/mol. The molecule has 0 aliphatic carbocycles. The van der Waals surface area contributed by atoms with Crippen molar-refractivity contribution < 1.29 is 4.57 Å². The topological polar surface area (TPSA) is 17.1 Å². The average Bonchev–Trinajstić information content (AvgIpc) is 3.16. The highest BCUT2D eigenvalue weighted by molar-refractivity contribution is 7.34. The van der Waals surface area contributed by atoms with Gasteiger partial charge in [0, 0.05) is 5.30 Å². The van der Waals surface area contributed by atoms with Crippen LogP contribution in [0.25, 0.3) is 43.8 Å². The number of rotatable bonds is 7. The van der Waals surface area contributed by atoms with Crippen LogP contribution in [0.1, 0.15) is 0 Å². The van der Waals surface area contributed by atoms with Crippen LogP contribution in [0, 0.1) is 0 Å². The Balaban J connectivity index is 1.45. The fourth-order valence-corrected chi connectivity index (χ4v) is 12.5. The molecule has 0 fully saturated rings. The molecule has 0 aliphatic rings. The molecule has 8 rings (SSSR count). The molecule has 0 unspecified atom stereocenters. The predicted octanol–water partition coefficient (Wildman–Crippen LogP) is 8.62. The highest BCUT2D eigenvalue weighted by atomic mass is 31.1. The second kappa shape index (κ2) is 12.4. The maximum atomic E-state index is 11.6. The van der Waals surface area contributed by atoms with E-state index in [9.17, 15) is 4.57 Å². The van der Waals surface area contributed by atoms with Crippen LogP contribution in [0.4, 0.5) is 0 Å². The van der Waals surface area contributed by atoms with E-state index in [0.717, 1.165) is 10.9 Å². The Bertz CT molecular complexity index is 2200. The summed E-state index contributed by atoms with van der Waals surface area (Å²) < 4.78 is 11.6. The van der Waals surface area contributed by atoms with Crippen molar-refractivity contribution >= 4 is 64.1 Å². The number of hydrogen-bond donors (Lipinski definition) is 0. The molecule has 8 aromatic rings. The molecule has 0 aliphatic heterocycles. The molecule has 0 saturated carbocycles. The summed E-state index contributed by atoms with van der Waals surface area (Å²) >= 11 is 0. The van der Waals surface area contributed by atoms with Gasteiger partial charge in [0.05, 0.1) is 0 Å². The summed E-state index contributed by atoms with van der Waals surface area (Å²) in [6.45, 7) is 0. The first kappa shape index (κ1) is 29.0. The van der Waals surface area contributed by atoms with E-state index < -0.39 is 8.07 Å². The van der Waals surface area contributed by atoms with Crippen LogP contribution in [0.5, 0.6) is 0 Å². The second-order valence-electron chi connectivity index (χ2n) is 11.9. The van der Waals surface area contributed by atoms with E-state index in [1.54, 1.807) is 0 Å². The summed E-state index contributed by atoms with van der Waals surface area (Å²) in [4.78, 5) is 0. The van der Waals surface area contributed by atoms with Crippen molar-refractivity contribution in [3.63, 3.8) is 0 Å². The van der Waals surface area contributed by atoms with Gasteiger partial charge in [-0.1, -0.05) is 176 Å². The Hall–Kier alpha value is -5.40. The van der Waals surface area contributed by atoms with Gasteiger partial charge in [-0.15, -0.1) is 0 Å². The lowest BCUT2D eigenvalue weighted by molar-refractivity contribution is 0.603. The summed E-state index contributed by atoms with van der Waals surface area (Å²) in [5.74, 6) is 0. The minimum Gasteiger partial charge on any atom is -0.269 e. The maximum absolute atomic E-state index is 11.6. The lowest BCUT2D eigenvalue weighted by Gasteiger charge is -2.34. The Morgan fingerprint density at radius 2 is 0.723 bits per heavy atom. The Morgan fingerprint density at radius 1 is 0.340 bits per heavy atom. The van der Waals surface area contributed by atoms with Gasteiger partial charge >= 0.3 is 0 Å². The van der Waals surface area contributed by atoms with Crippen molar-refractivity contribution in [2.24, 2.45) is 0 Å². The van der Waals surface area contributed by atoms with Crippen molar-refractivity contribution in [3.05, 3.63) is 188 Å². The van der Waals surface area contributed by atoms with Gasteiger partial charge in [-0.05, 0) is 76.7 Å². The second-order valence-corrected chi connectivity index (χ2v) is 16.4. The van der Waals surface area contributed by atoms with E-state index in [2.05, 4.69) is 176 Å². The van der Waals surface area contributed by atoms with Crippen LogP contribution in [0.2, 0.25) is 0 Å². The van der Waals surface area contributed by atoms with Gasteiger partial charge in [0.25, 0.3) is 0 Å². The maximum Gasteiger partial charge on any atom is 0.192 e. The fraction of sp³-hybridized carbons (Fsp3) is 0. The highest BCUT2D eigenvalue weighted by Gasteiger charge is 2.41. The standard InChI is InChI=1S/C44H31OPSi/c45-46-34-29-27-32(28-30-34)43-39-23-10-12-25-41(39)44(42-26-13-11-24-40(42)43)33-15-14-22-38(31-33)47(35-16-4-1-5-17-35,36-18-6-2-7-19-36)37-20-8-3-9-21-37/h1-31H. The van der Waals surface area contributed by atoms with E-state index in [0.29, 0.717) is 0 Å². The minimum absolute atomic E-state index is 0.0361. The lowest BCUT2D eigenvalue weighted by atomic mass is 9.86. The smallest absolute Gasteiger partial charge is 0.192 e. The molecule has 0 radical (unpaired) electrons. The van der Waals surface area contributed by atoms with Crippen molar-refractivity contribution in [3.8, 4) is 22.3 Å². The van der Waals surface area contributed by atoms with Crippen LogP contribution in [0.15, 0.2) is 188 Å². The van der Waals surface area contributed by atoms with E-state index in [1.165, 1.54) is 59.0 Å². The summed E-state index contributed by atoms with van der Waals surface area (Å²) in [6.07, 6.45) is 0. The first-order valence-corrected chi connectivity index (χ1v) is 18.7. The molecule has 0 heterocycles. The van der Waals surface area contributed by atoms with Gasteiger partial charge in [-0.2, -0.15) is 0 Å². The SMILES string of the molecule is O=Pc1ccc(-c2c3ccccc3c(-c3cccc([Si](c4ccccc4)(c4ccccc4)c4ccccc4)c3)c3ccccc23)cc1. The Kier molecular flexibility index (Phi) is 7.67. The van der Waals surface area contributed by atoms with E-state index in [4.69, 9.17) is 0 Å². The average molecular weight is 635 g/mol. The summed E-state index contributed by atoms with van der Waals surface area (Å²) in [7, 11) is -2.66. The van der Waals surface area contributed by atoms with Crippen molar-refractivity contribution in [2.45, 2.75) is 0 Å². The zero-order chi connectivity index (χ0) is 31.6. The minimum atomic E-state index is -2.70. The molecule has 0 atom stereocenters. The van der Waals surface area contributed by atoms with Crippen LogP contribution >= 0.6 is 8.46 Å². The summed E-state index contributed by atoms with van der Waals surface area (Å²) in [5.41, 5.74) is 4.77. The van der Waals surface area contributed by atoms with Crippen molar-refractivity contribution in [1.29, 1.82) is 0 Å². The molecular weight excluding hydrogens is 604 g/mol. The molecule has 8 aromatic carbocycles. The van der Waals surface area contributed by atoms with Gasteiger partial charge in [0.2, 0.25) is 0 Å². The van der Waals surface area contributed by atoms with Gasteiger partial charge < -0.3 is 0 Å². The van der Waals surface area contributed by atoms with E-state index >= 15 is 0 Å². The molecule has 0 amide bonds. The zero-order valence-electron chi connectivity index (χ0n) is 25.8. The van der Waals surface area contributed by atoms with Crippen molar-refractivity contribution in [2.75, 3.05) is 0 Å². The van der Waals surface area contributed by atoms with Crippen LogP contribution in [-0.2, 0) is 4.57 Å². The largest absolute Gasteiger partial charge is 0.269 e. The summed E-state index contributed by atoms with van der Waals surface area (Å²) in [5, 5.41) is 11.1. The number of hydrogen-bond acceptors (Lipinski definition) is 1. The Morgan fingerprint density at radius 3 is 1.15 bits per heavy atom. The first-order valence-electron chi connectivity index (χ1n) is 15.9. The molecule has 0 spiro atoms. The van der Waals surface area contributed by atoms with E-state index in [1.807, 2.05) is 12.1 Å². The molecule has 0 bridgehead atoms. The highest BCUT2D eigenvalue weighted by Crippen LogP contribution is 2.43. The van der Waals surface area contributed by atoms with Crippen molar-refractivity contribution in [1.82, 2.24) is 0 Å². The molecule has 0 aromatic heterocycles. The number of fused-ring (bicyclic) bond motifs is 2. The molecular formula is C44H31OPSi. The summed E-state index contributed by atoms with van der Waals surface area (Å²) in [6, 6.07) is 68.3. The number of benzene rings is 8. The monoisotopic (exact) mass is 634 g/mol. The van der Waals surface area contributed by atoms with Crippen LogP contribution < -0.4 is 26.1 Å². The third kappa shape index (κ3) is 4.94. The molecule has 0 N–H and O–H groups in total. The molecule has 47 heavy (non-hydrogen) atoms. The normalized spacial score (nSPS) is 11.7. The van der Waals surface area contributed by atoms with Gasteiger partial charge in [0.15, 0.2) is 16.5 Å². The Labute approximate surface area is 278 Å². The van der Waals surface area contributed by atoms with Gasteiger partial charge in [-0.3, -0.25) is 4.57 Å². The first-order chi connectivity index (χ1) is 23.3. The van der Waals surface area contributed by atoms with Crippen LogP contribution in [-0.4, -0.2) is 8.07 Å². The fourth-order valence-electron chi connectivity index (χ4n) is 7.41. The quantitative estimate of drug-likeness (QED) is 0.0743. The third-order valence-electron chi connectivity index (χ3n) is 9.40. The van der Waals surface area contributed by atoms with Gasteiger partial charge in [0.1, 0.15) is 0 Å².